The third kappa shape index (κ3) is 2.27. The largest absolute Gasteiger partial charge is 0.333 e. The second kappa shape index (κ2) is 5.21. The lowest BCUT2D eigenvalue weighted by Crippen LogP contribution is -2.52. The van der Waals surface area contributed by atoms with Crippen molar-refractivity contribution in [2.24, 2.45) is 0 Å². The predicted molar refractivity (Wildman–Crippen MR) is 79.8 cm³/mol. The number of benzene rings is 1. The molecular formula is C16H19N3O. The van der Waals surface area contributed by atoms with E-state index >= 15 is 0 Å². The van der Waals surface area contributed by atoms with Crippen LogP contribution in [0.5, 0.6) is 0 Å². The van der Waals surface area contributed by atoms with E-state index in [0.29, 0.717) is 5.56 Å². The minimum atomic E-state index is 0.0858. The first-order valence-electron chi connectivity index (χ1n) is 7.05. The van der Waals surface area contributed by atoms with Crippen molar-refractivity contribution in [3.8, 4) is 0 Å². The number of hydrogen-bond donors (Lipinski definition) is 1. The Kier molecular flexibility index (Phi) is 3.40. The molecule has 1 fully saturated rings. The van der Waals surface area contributed by atoms with Gasteiger partial charge in [0.05, 0.1) is 11.1 Å². The summed E-state index contributed by atoms with van der Waals surface area (Å²) in [5.74, 6) is 0.0858. The zero-order valence-electron chi connectivity index (χ0n) is 11.9. The van der Waals surface area contributed by atoms with Crippen LogP contribution in [0.2, 0.25) is 0 Å². The van der Waals surface area contributed by atoms with E-state index in [1.165, 1.54) is 0 Å². The number of aryl methyl sites for hydroxylation is 1. The first-order chi connectivity index (χ1) is 9.66. The van der Waals surface area contributed by atoms with Crippen molar-refractivity contribution in [1.82, 2.24) is 15.2 Å². The maximum atomic E-state index is 12.8. The maximum absolute atomic E-state index is 12.8. The van der Waals surface area contributed by atoms with Gasteiger partial charge in [-0.2, -0.15) is 0 Å². The molecule has 0 radical (unpaired) electrons. The van der Waals surface area contributed by atoms with Crippen LogP contribution in [0.1, 0.15) is 23.0 Å². The number of carbonyl (C=O) groups excluding carboxylic acids is 1. The number of rotatable bonds is 1. The molecule has 1 aliphatic heterocycles. The van der Waals surface area contributed by atoms with E-state index in [4.69, 9.17) is 0 Å². The Labute approximate surface area is 118 Å². The molecule has 1 atom stereocenters. The van der Waals surface area contributed by atoms with Gasteiger partial charge in [-0.1, -0.05) is 18.2 Å². The van der Waals surface area contributed by atoms with Gasteiger partial charge in [0.1, 0.15) is 0 Å². The highest BCUT2D eigenvalue weighted by molar-refractivity contribution is 6.05. The topological polar surface area (TPSA) is 45.2 Å². The number of pyridine rings is 1. The summed E-state index contributed by atoms with van der Waals surface area (Å²) in [6.07, 6.45) is 0. The molecule has 0 saturated carbocycles. The fraction of sp³-hybridized carbons (Fsp3) is 0.375. The van der Waals surface area contributed by atoms with Crippen LogP contribution in [-0.2, 0) is 0 Å². The van der Waals surface area contributed by atoms with E-state index in [0.717, 1.165) is 36.2 Å². The molecule has 1 aliphatic rings. The lowest BCUT2D eigenvalue weighted by atomic mass is 10.1. The summed E-state index contributed by atoms with van der Waals surface area (Å²) in [4.78, 5) is 19.3. The molecule has 1 aromatic heterocycles. The number of nitrogens with one attached hydrogen (secondary N) is 1. The third-order valence-corrected chi connectivity index (χ3v) is 3.85. The van der Waals surface area contributed by atoms with Crippen LogP contribution < -0.4 is 5.32 Å². The minimum absolute atomic E-state index is 0.0858. The molecule has 0 aliphatic carbocycles. The van der Waals surface area contributed by atoms with Crippen LogP contribution in [0.4, 0.5) is 0 Å². The van der Waals surface area contributed by atoms with Gasteiger partial charge in [-0.05, 0) is 26.0 Å². The van der Waals surface area contributed by atoms with Crippen molar-refractivity contribution in [3.63, 3.8) is 0 Å². The van der Waals surface area contributed by atoms with Crippen LogP contribution in [-0.4, -0.2) is 41.5 Å². The third-order valence-electron chi connectivity index (χ3n) is 3.85. The Balaban J connectivity index is 2.05. The zero-order valence-corrected chi connectivity index (χ0v) is 11.9. The van der Waals surface area contributed by atoms with Crippen molar-refractivity contribution >= 4 is 16.8 Å². The Morgan fingerprint density at radius 1 is 1.35 bits per heavy atom. The van der Waals surface area contributed by atoms with Crippen LogP contribution in [0.15, 0.2) is 30.3 Å². The molecule has 104 valence electrons. The van der Waals surface area contributed by atoms with Crippen LogP contribution in [0, 0.1) is 6.92 Å². The van der Waals surface area contributed by atoms with E-state index in [1.807, 2.05) is 42.2 Å². The molecule has 1 unspecified atom stereocenters. The number of amides is 1. The SMILES string of the molecule is Cc1ccc2cccc(C(=O)N3CCNCC3C)c2n1. The van der Waals surface area contributed by atoms with Gasteiger partial charge in [-0.25, -0.2) is 0 Å². The van der Waals surface area contributed by atoms with Gasteiger partial charge in [-0.3, -0.25) is 9.78 Å². The molecule has 0 bridgehead atoms. The second-order valence-corrected chi connectivity index (χ2v) is 5.38. The standard InChI is InChI=1S/C16H19N3O/c1-11-6-7-13-4-3-5-14(15(13)18-11)16(20)19-9-8-17-10-12(19)2/h3-7,12,17H,8-10H2,1-2H3. The highest BCUT2D eigenvalue weighted by atomic mass is 16.2. The van der Waals surface area contributed by atoms with Crippen molar-refractivity contribution in [2.45, 2.75) is 19.9 Å². The number of hydrogen-bond acceptors (Lipinski definition) is 3. The maximum Gasteiger partial charge on any atom is 0.256 e. The average molecular weight is 269 g/mol. The summed E-state index contributed by atoms with van der Waals surface area (Å²) in [5.41, 5.74) is 2.45. The smallest absolute Gasteiger partial charge is 0.256 e. The van der Waals surface area contributed by atoms with E-state index in [-0.39, 0.29) is 11.9 Å². The van der Waals surface area contributed by atoms with Gasteiger partial charge in [-0.15, -0.1) is 0 Å². The fourth-order valence-corrected chi connectivity index (χ4v) is 2.71. The fourth-order valence-electron chi connectivity index (χ4n) is 2.71. The van der Waals surface area contributed by atoms with E-state index in [2.05, 4.69) is 17.2 Å². The van der Waals surface area contributed by atoms with E-state index < -0.39 is 0 Å². The quantitative estimate of drug-likeness (QED) is 0.861. The second-order valence-electron chi connectivity index (χ2n) is 5.38. The summed E-state index contributed by atoms with van der Waals surface area (Å²) < 4.78 is 0. The molecule has 20 heavy (non-hydrogen) atoms. The van der Waals surface area contributed by atoms with E-state index in [9.17, 15) is 4.79 Å². The molecule has 1 N–H and O–H groups in total. The lowest BCUT2D eigenvalue weighted by molar-refractivity contribution is 0.0657. The summed E-state index contributed by atoms with van der Waals surface area (Å²) in [7, 11) is 0. The highest BCUT2D eigenvalue weighted by Gasteiger charge is 2.25. The molecule has 4 heteroatoms. The number of aromatic nitrogens is 1. The number of nitrogens with zero attached hydrogens (tertiary/aromatic N) is 2. The monoisotopic (exact) mass is 269 g/mol. The molecule has 4 nitrogen and oxygen atoms in total. The number of para-hydroxylation sites is 1. The van der Waals surface area contributed by atoms with Crippen LogP contribution >= 0.6 is 0 Å². The molecule has 1 saturated heterocycles. The minimum Gasteiger partial charge on any atom is -0.333 e. The molecule has 1 amide bonds. The van der Waals surface area contributed by atoms with Crippen molar-refractivity contribution in [2.75, 3.05) is 19.6 Å². The molecule has 2 aromatic rings. The van der Waals surface area contributed by atoms with Gasteiger partial charge in [0, 0.05) is 36.8 Å². The van der Waals surface area contributed by atoms with Crippen LogP contribution in [0.25, 0.3) is 10.9 Å². The zero-order chi connectivity index (χ0) is 14.1. The summed E-state index contributed by atoms with van der Waals surface area (Å²) in [6, 6.07) is 10.0. The Bertz CT molecular complexity index is 653. The van der Waals surface area contributed by atoms with Crippen molar-refractivity contribution < 1.29 is 4.79 Å². The first-order valence-corrected chi connectivity index (χ1v) is 7.05. The predicted octanol–water partition coefficient (Wildman–Crippen LogP) is 1.98. The van der Waals surface area contributed by atoms with Crippen LogP contribution in [0.3, 0.4) is 0 Å². The molecule has 3 rings (SSSR count). The summed E-state index contributed by atoms with van der Waals surface area (Å²) in [6.45, 7) is 6.49. The summed E-state index contributed by atoms with van der Waals surface area (Å²) in [5, 5.41) is 4.33. The Morgan fingerprint density at radius 3 is 3.00 bits per heavy atom. The van der Waals surface area contributed by atoms with Crippen molar-refractivity contribution in [3.05, 3.63) is 41.6 Å². The average Bonchev–Trinajstić information content (AvgIpc) is 2.46. The number of piperazine rings is 1. The van der Waals surface area contributed by atoms with E-state index in [1.54, 1.807) is 0 Å². The highest BCUT2D eigenvalue weighted by Crippen LogP contribution is 2.20. The van der Waals surface area contributed by atoms with Gasteiger partial charge in [0.2, 0.25) is 0 Å². The van der Waals surface area contributed by atoms with Gasteiger partial charge < -0.3 is 10.2 Å². The van der Waals surface area contributed by atoms with Crippen molar-refractivity contribution in [1.29, 1.82) is 0 Å². The van der Waals surface area contributed by atoms with Gasteiger partial charge in [0.25, 0.3) is 5.91 Å². The van der Waals surface area contributed by atoms with Gasteiger partial charge >= 0.3 is 0 Å². The normalized spacial score (nSPS) is 19.3. The molecule has 1 aromatic carbocycles. The Hall–Kier alpha value is -1.94. The molecular weight excluding hydrogens is 250 g/mol. The Morgan fingerprint density at radius 2 is 2.20 bits per heavy atom. The molecule has 2 heterocycles. The number of carbonyl (C=O) groups is 1. The molecule has 0 spiro atoms. The van der Waals surface area contributed by atoms with Gasteiger partial charge in [0.15, 0.2) is 0 Å². The lowest BCUT2D eigenvalue weighted by Gasteiger charge is -2.34. The summed E-state index contributed by atoms with van der Waals surface area (Å²) >= 11 is 0. The first kappa shape index (κ1) is 13.1. The number of fused-ring (bicyclic) bond motifs is 1.